The number of pyridine rings is 1. The van der Waals surface area contributed by atoms with Gasteiger partial charge in [-0.2, -0.15) is 0 Å². The molecule has 11 heteroatoms. The van der Waals surface area contributed by atoms with E-state index >= 15 is 0 Å². The Morgan fingerprint density at radius 3 is 2.65 bits per heavy atom. The molecule has 0 unspecified atom stereocenters. The van der Waals surface area contributed by atoms with Gasteiger partial charge in [-0.15, -0.1) is 5.10 Å². The van der Waals surface area contributed by atoms with Crippen LogP contribution in [0.4, 0.5) is 15.8 Å². The van der Waals surface area contributed by atoms with Crippen LogP contribution in [0.3, 0.4) is 0 Å². The van der Waals surface area contributed by atoms with Crippen LogP contribution in [0.25, 0.3) is 17.1 Å². The SMILES string of the molecule is O=[N+]([O-])c1ccc(-n2cc(-c3cccc(Cl)n3)nn2)c(N2CCC(CCCC3(F)CCNCC3)CC2)c1. The molecular formula is C26H31ClFN7O2. The molecule has 0 amide bonds. The Hall–Kier alpha value is -3.11. The number of nitrogens with one attached hydrogen (secondary N) is 1. The van der Waals surface area contributed by atoms with Crippen molar-refractivity contribution in [2.24, 2.45) is 5.92 Å². The van der Waals surface area contributed by atoms with Crippen LogP contribution >= 0.6 is 11.6 Å². The second-order valence-electron chi connectivity index (χ2n) is 10.0. The monoisotopic (exact) mass is 527 g/mol. The lowest BCUT2D eigenvalue weighted by molar-refractivity contribution is -0.384. The minimum atomic E-state index is -1.01. The van der Waals surface area contributed by atoms with Crippen LogP contribution in [0.1, 0.15) is 44.9 Å². The van der Waals surface area contributed by atoms with Crippen LogP contribution in [-0.4, -0.2) is 56.7 Å². The minimum Gasteiger partial charge on any atom is -0.370 e. The summed E-state index contributed by atoms with van der Waals surface area (Å²) >= 11 is 6.02. The molecule has 0 bridgehead atoms. The van der Waals surface area contributed by atoms with E-state index < -0.39 is 5.67 Å². The van der Waals surface area contributed by atoms with Gasteiger partial charge in [0.05, 0.1) is 28.2 Å². The fourth-order valence-corrected chi connectivity index (χ4v) is 5.58. The van der Waals surface area contributed by atoms with Crippen molar-refractivity contribution in [1.29, 1.82) is 0 Å². The summed E-state index contributed by atoms with van der Waals surface area (Å²) in [5.41, 5.74) is 1.65. The predicted molar refractivity (Wildman–Crippen MR) is 141 cm³/mol. The van der Waals surface area contributed by atoms with Gasteiger partial charge in [0.25, 0.3) is 5.69 Å². The van der Waals surface area contributed by atoms with Gasteiger partial charge in [-0.25, -0.2) is 14.1 Å². The number of hydrogen-bond donors (Lipinski definition) is 1. The Morgan fingerprint density at radius 1 is 1.14 bits per heavy atom. The highest BCUT2D eigenvalue weighted by molar-refractivity contribution is 6.29. The molecule has 2 aliphatic heterocycles. The van der Waals surface area contributed by atoms with E-state index in [4.69, 9.17) is 11.6 Å². The Morgan fingerprint density at radius 2 is 1.92 bits per heavy atom. The summed E-state index contributed by atoms with van der Waals surface area (Å²) in [6.07, 6.45) is 7.48. The summed E-state index contributed by atoms with van der Waals surface area (Å²) in [6, 6.07) is 10.1. The van der Waals surface area contributed by atoms with Gasteiger partial charge in [-0.1, -0.05) is 29.3 Å². The zero-order valence-corrected chi connectivity index (χ0v) is 21.4. The van der Waals surface area contributed by atoms with Crippen molar-refractivity contribution in [3.63, 3.8) is 0 Å². The van der Waals surface area contributed by atoms with Gasteiger partial charge >= 0.3 is 0 Å². The van der Waals surface area contributed by atoms with E-state index in [0.29, 0.717) is 41.7 Å². The van der Waals surface area contributed by atoms with Gasteiger partial charge in [-0.05, 0) is 75.7 Å². The zero-order chi connectivity index (χ0) is 25.8. The third-order valence-corrected chi connectivity index (χ3v) is 7.79. The highest BCUT2D eigenvalue weighted by Crippen LogP contribution is 2.35. The Labute approximate surface area is 220 Å². The average molecular weight is 528 g/mol. The van der Waals surface area contributed by atoms with Gasteiger partial charge in [-0.3, -0.25) is 10.1 Å². The predicted octanol–water partition coefficient (Wildman–Crippen LogP) is 5.37. The molecule has 0 aliphatic carbocycles. The van der Waals surface area contributed by atoms with Crippen molar-refractivity contribution >= 4 is 23.0 Å². The molecule has 0 atom stereocenters. The lowest BCUT2D eigenvalue weighted by atomic mass is 9.85. The second-order valence-corrected chi connectivity index (χ2v) is 10.4. The van der Waals surface area contributed by atoms with E-state index in [1.165, 1.54) is 6.07 Å². The third kappa shape index (κ3) is 6.07. The fourth-order valence-electron chi connectivity index (χ4n) is 5.42. The lowest BCUT2D eigenvalue weighted by Crippen LogP contribution is -2.38. The van der Waals surface area contributed by atoms with E-state index in [9.17, 15) is 14.5 Å². The number of non-ortho nitro benzene ring substituents is 1. The van der Waals surface area contributed by atoms with Crippen molar-refractivity contribution in [3.8, 4) is 17.1 Å². The van der Waals surface area contributed by atoms with E-state index in [1.54, 1.807) is 41.2 Å². The van der Waals surface area contributed by atoms with E-state index in [0.717, 1.165) is 63.2 Å². The van der Waals surface area contributed by atoms with Gasteiger partial charge in [0.2, 0.25) is 0 Å². The standard InChI is InChI=1S/C26H31ClFN7O2/c27-25-5-1-4-21(30-25)22-18-34(32-31-22)23-7-6-20(35(36)37)17-24(23)33-15-8-19(9-16-33)3-2-10-26(28)11-13-29-14-12-26/h1,4-7,17-19,29H,2-3,8-16H2. The van der Waals surface area contributed by atoms with Gasteiger partial charge in [0, 0.05) is 25.2 Å². The largest absolute Gasteiger partial charge is 0.370 e. The first-order valence-electron chi connectivity index (χ1n) is 12.9. The number of alkyl halides is 1. The molecule has 3 aromatic rings. The molecule has 37 heavy (non-hydrogen) atoms. The Balaban J connectivity index is 1.28. The Bertz CT molecular complexity index is 1240. The highest BCUT2D eigenvalue weighted by Gasteiger charge is 2.31. The van der Waals surface area contributed by atoms with Crippen molar-refractivity contribution in [2.75, 3.05) is 31.1 Å². The molecule has 0 radical (unpaired) electrons. The number of benzene rings is 1. The molecule has 0 saturated carbocycles. The van der Waals surface area contributed by atoms with Crippen molar-refractivity contribution < 1.29 is 9.31 Å². The zero-order valence-electron chi connectivity index (χ0n) is 20.7. The number of nitro groups is 1. The third-order valence-electron chi connectivity index (χ3n) is 7.58. The first-order valence-corrected chi connectivity index (χ1v) is 13.3. The molecule has 2 aliphatic rings. The van der Waals surface area contributed by atoms with Crippen LogP contribution in [0.2, 0.25) is 5.15 Å². The number of hydrogen-bond acceptors (Lipinski definition) is 7. The molecule has 9 nitrogen and oxygen atoms in total. The molecule has 1 aromatic carbocycles. The normalized spacial score (nSPS) is 18.2. The Kier molecular flexibility index (Phi) is 7.66. The second kappa shape index (κ2) is 11.1. The molecule has 0 spiro atoms. The molecule has 2 fully saturated rings. The fraction of sp³-hybridized carbons (Fsp3) is 0.500. The maximum atomic E-state index is 14.9. The quantitative estimate of drug-likeness (QED) is 0.239. The molecule has 4 heterocycles. The summed E-state index contributed by atoms with van der Waals surface area (Å²) < 4.78 is 16.5. The number of piperidine rings is 2. The highest BCUT2D eigenvalue weighted by atomic mass is 35.5. The van der Waals surface area contributed by atoms with Crippen molar-refractivity contribution in [3.05, 3.63) is 57.9 Å². The van der Waals surface area contributed by atoms with E-state index in [2.05, 4.69) is 25.5 Å². The number of anilines is 1. The van der Waals surface area contributed by atoms with Crippen LogP contribution < -0.4 is 10.2 Å². The summed E-state index contributed by atoms with van der Waals surface area (Å²) in [5.74, 6) is 0.538. The summed E-state index contributed by atoms with van der Waals surface area (Å²) in [7, 11) is 0. The summed E-state index contributed by atoms with van der Waals surface area (Å²) in [6.45, 7) is 3.09. The maximum Gasteiger partial charge on any atom is 0.271 e. The van der Waals surface area contributed by atoms with Gasteiger partial charge in [0.1, 0.15) is 16.5 Å². The molecule has 196 valence electrons. The van der Waals surface area contributed by atoms with Crippen molar-refractivity contribution in [1.82, 2.24) is 25.3 Å². The van der Waals surface area contributed by atoms with E-state index in [-0.39, 0.29) is 10.6 Å². The maximum absolute atomic E-state index is 14.9. The number of nitrogens with zero attached hydrogens (tertiary/aromatic N) is 6. The minimum absolute atomic E-state index is 0.0351. The smallest absolute Gasteiger partial charge is 0.271 e. The molecule has 1 N–H and O–H groups in total. The molecule has 5 rings (SSSR count). The van der Waals surface area contributed by atoms with Crippen molar-refractivity contribution in [2.45, 2.75) is 50.6 Å². The lowest BCUT2D eigenvalue weighted by Gasteiger charge is -2.35. The topological polar surface area (TPSA) is 102 Å². The first-order chi connectivity index (χ1) is 17.9. The van der Waals surface area contributed by atoms with Gasteiger partial charge in [0.15, 0.2) is 0 Å². The number of halogens is 2. The van der Waals surface area contributed by atoms with Crippen LogP contribution in [0.5, 0.6) is 0 Å². The number of rotatable bonds is 8. The van der Waals surface area contributed by atoms with E-state index in [1.807, 2.05) is 0 Å². The van der Waals surface area contributed by atoms with Crippen LogP contribution in [0, 0.1) is 16.0 Å². The molecule has 2 aromatic heterocycles. The van der Waals surface area contributed by atoms with Crippen LogP contribution in [-0.2, 0) is 0 Å². The van der Waals surface area contributed by atoms with Gasteiger partial charge < -0.3 is 10.2 Å². The number of aromatic nitrogens is 4. The molecular weight excluding hydrogens is 497 g/mol. The number of nitro benzene ring substituents is 1. The molecule has 2 saturated heterocycles. The average Bonchev–Trinajstić information content (AvgIpc) is 3.39. The summed E-state index contributed by atoms with van der Waals surface area (Å²) in [5, 5.41) is 23.6. The first kappa shape index (κ1) is 25.5. The summed E-state index contributed by atoms with van der Waals surface area (Å²) in [4.78, 5) is 17.6. The van der Waals surface area contributed by atoms with Crippen LogP contribution in [0.15, 0.2) is 42.6 Å².